The highest BCUT2D eigenvalue weighted by atomic mass is 16.5. The average Bonchev–Trinajstić information content (AvgIpc) is 2.62. The molecule has 138 valence electrons. The molecule has 0 bridgehead atoms. The minimum absolute atomic E-state index is 0.293. The first-order valence-electron chi connectivity index (χ1n) is 8.62. The number of carbonyl (C=O) groups is 2. The van der Waals surface area contributed by atoms with Crippen molar-refractivity contribution in [3.05, 3.63) is 24.3 Å². The first kappa shape index (κ1) is 19.2. The number of ether oxygens (including phenoxy) is 1. The highest BCUT2D eigenvalue weighted by Gasteiger charge is 2.18. The van der Waals surface area contributed by atoms with Gasteiger partial charge in [0.25, 0.3) is 0 Å². The number of amides is 2. The lowest BCUT2D eigenvalue weighted by molar-refractivity contribution is -0.136. The normalized spacial score (nSPS) is 16.9. The summed E-state index contributed by atoms with van der Waals surface area (Å²) in [5, 5.41) is 5.29. The highest BCUT2D eigenvalue weighted by Crippen LogP contribution is 2.14. The second-order valence-corrected chi connectivity index (χ2v) is 6.60. The third-order valence-corrected chi connectivity index (χ3v) is 4.33. The van der Waals surface area contributed by atoms with Gasteiger partial charge in [0.05, 0.1) is 7.11 Å². The van der Waals surface area contributed by atoms with Crippen molar-refractivity contribution in [2.24, 2.45) is 5.92 Å². The second-order valence-electron chi connectivity index (χ2n) is 6.60. The van der Waals surface area contributed by atoms with Crippen LogP contribution in [0.3, 0.4) is 0 Å². The summed E-state index contributed by atoms with van der Waals surface area (Å²) in [6, 6.07) is 6.84. The summed E-state index contributed by atoms with van der Waals surface area (Å²) in [6.07, 6.45) is 0. The number of methoxy groups -OCH3 is 1. The van der Waals surface area contributed by atoms with E-state index in [1.807, 2.05) is 0 Å². The first-order valence-corrected chi connectivity index (χ1v) is 8.62. The summed E-state index contributed by atoms with van der Waals surface area (Å²) in [5.41, 5.74) is 0.562. The lowest BCUT2D eigenvalue weighted by Gasteiger charge is -2.33. The van der Waals surface area contributed by atoms with Crippen LogP contribution in [0.1, 0.15) is 6.92 Å². The number of hydrogen-bond acceptors (Lipinski definition) is 5. The van der Waals surface area contributed by atoms with Gasteiger partial charge >= 0.3 is 11.8 Å². The maximum Gasteiger partial charge on any atom is 0.313 e. The predicted molar refractivity (Wildman–Crippen MR) is 97.7 cm³/mol. The van der Waals surface area contributed by atoms with Crippen LogP contribution in [0.15, 0.2) is 24.3 Å². The SMILES string of the molecule is COc1ccc(NC(=O)C(=O)NCC(C)CN2CCN(C)CC2)cc1. The third kappa shape index (κ3) is 6.36. The van der Waals surface area contributed by atoms with E-state index < -0.39 is 11.8 Å². The van der Waals surface area contributed by atoms with Crippen LogP contribution >= 0.6 is 0 Å². The molecule has 7 nitrogen and oxygen atoms in total. The van der Waals surface area contributed by atoms with Gasteiger partial charge in [0.1, 0.15) is 5.75 Å². The second kappa shape index (κ2) is 9.39. The number of nitrogens with zero attached hydrogens (tertiary/aromatic N) is 2. The summed E-state index contributed by atoms with van der Waals surface area (Å²) in [5.74, 6) is -0.278. The lowest BCUT2D eigenvalue weighted by atomic mass is 10.1. The van der Waals surface area contributed by atoms with Crippen LogP contribution in [-0.4, -0.2) is 75.0 Å². The van der Waals surface area contributed by atoms with Gasteiger partial charge in [0.15, 0.2) is 0 Å². The minimum atomic E-state index is -0.656. The predicted octanol–water partition coefficient (Wildman–Crippen LogP) is 0.633. The van der Waals surface area contributed by atoms with Crippen LogP contribution in [0.4, 0.5) is 5.69 Å². The van der Waals surface area contributed by atoms with Crippen molar-refractivity contribution in [3.8, 4) is 5.75 Å². The number of hydrogen-bond donors (Lipinski definition) is 2. The van der Waals surface area contributed by atoms with Crippen molar-refractivity contribution >= 4 is 17.5 Å². The van der Waals surface area contributed by atoms with Crippen LogP contribution in [0.25, 0.3) is 0 Å². The first-order chi connectivity index (χ1) is 12.0. The summed E-state index contributed by atoms with van der Waals surface area (Å²) < 4.78 is 5.06. The lowest BCUT2D eigenvalue weighted by Crippen LogP contribution is -2.47. The van der Waals surface area contributed by atoms with Crippen molar-refractivity contribution in [2.45, 2.75) is 6.92 Å². The number of carbonyl (C=O) groups excluding carboxylic acids is 2. The Labute approximate surface area is 149 Å². The van der Waals surface area contributed by atoms with Gasteiger partial charge in [-0.1, -0.05) is 6.92 Å². The maximum atomic E-state index is 11.9. The molecule has 1 atom stereocenters. The number of benzene rings is 1. The van der Waals surface area contributed by atoms with Crippen molar-refractivity contribution in [1.29, 1.82) is 0 Å². The third-order valence-electron chi connectivity index (χ3n) is 4.33. The zero-order valence-electron chi connectivity index (χ0n) is 15.2. The monoisotopic (exact) mass is 348 g/mol. The van der Waals surface area contributed by atoms with Crippen molar-refractivity contribution in [3.63, 3.8) is 0 Å². The molecule has 1 unspecified atom stereocenters. The van der Waals surface area contributed by atoms with Gasteiger partial charge in [-0.25, -0.2) is 0 Å². The van der Waals surface area contributed by atoms with E-state index in [0.29, 0.717) is 23.9 Å². The Bertz CT molecular complexity index is 568. The molecule has 1 aliphatic heterocycles. The molecule has 1 aromatic carbocycles. The Balaban J connectivity index is 1.70. The molecule has 0 spiro atoms. The molecular formula is C18H28N4O3. The fraction of sp³-hybridized carbons (Fsp3) is 0.556. The maximum absolute atomic E-state index is 11.9. The molecule has 7 heteroatoms. The van der Waals surface area contributed by atoms with Crippen LogP contribution < -0.4 is 15.4 Å². The fourth-order valence-electron chi connectivity index (χ4n) is 2.75. The van der Waals surface area contributed by atoms with Crippen LogP contribution in [0, 0.1) is 5.92 Å². The molecule has 1 fully saturated rings. The van der Waals surface area contributed by atoms with Gasteiger partial charge in [0.2, 0.25) is 0 Å². The molecule has 0 radical (unpaired) electrons. The van der Waals surface area contributed by atoms with E-state index in [4.69, 9.17) is 4.74 Å². The van der Waals surface area contributed by atoms with Crippen LogP contribution in [0.5, 0.6) is 5.75 Å². The molecule has 0 saturated carbocycles. The standard InChI is InChI=1S/C18H28N4O3/c1-14(13-22-10-8-21(2)9-11-22)12-19-17(23)18(24)20-15-4-6-16(25-3)7-5-15/h4-7,14H,8-13H2,1-3H3,(H,19,23)(H,20,24). The molecule has 1 aromatic rings. The van der Waals surface area contributed by atoms with E-state index in [2.05, 4.69) is 34.4 Å². The van der Waals surface area contributed by atoms with E-state index >= 15 is 0 Å². The molecule has 2 N–H and O–H groups in total. The van der Waals surface area contributed by atoms with Gasteiger partial charge in [-0.3, -0.25) is 9.59 Å². The topological polar surface area (TPSA) is 73.9 Å². The number of piperazine rings is 1. The number of rotatable bonds is 6. The van der Waals surface area contributed by atoms with Gasteiger partial charge < -0.3 is 25.2 Å². The zero-order valence-corrected chi connectivity index (χ0v) is 15.2. The van der Waals surface area contributed by atoms with E-state index in [1.165, 1.54) is 0 Å². The summed E-state index contributed by atoms with van der Waals surface area (Å²) in [4.78, 5) is 28.6. The molecule has 0 aromatic heterocycles. The number of nitrogens with one attached hydrogen (secondary N) is 2. The molecule has 1 saturated heterocycles. The Morgan fingerprint density at radius 3 is 2.36 bits per heavy atom. The highest BCUT2D eigenvalue weighted by molar-refractivity contribution is 6.39. The van der Waals surface area contributed by atoms with E-state index in [-0.39, 0.29) is 0 Å². The molecule has 1 aliphatic rings. The molecule has 2 amide bonds. The minimum Gasteiger partial charge on any atom is -0.497 e. The Morgan fingerprint density at radius 1 is 1.12 bits per heavy atom. The average molecular weight is 348 g/mol. The van der Waals surface area contributed by atoms with Gasteiger partial charge in [0, 0.05) is 45.0 Å². The molecule has 1 heterocycles. The van der Waals surface area contributed by atoms with Crippen molar-refractivity contribution in [2.75, 3.05) is 58.7 Å². The molecular weight excluding hydrogens is 320 g/mol. The molecule has 0 aliphatic carbocycles. The number of likely N-dealkylation sites (N-methyl/N-ethyl adjacent to an activating group) is 1. The smallest absolute Gasteiger partial charge is 0.313 e. The van der Waals surface area contributed by atoms with Crippen LogP contribution in [0.2, 0.25) is 0 Å². The quantitative estimate of drug-likeness (QED) is 0.738. The molecule has 2 rings (SSSR count). The van der Waals surface area contributed by atoms with E-state index in [1.54, 1.807) is 31.4 Å². The Morgan fingerprint density at radius 2 is 1.76 bits per heavy atom. The van der Waals surface area contributed by atoms with E-state index in [0.717, 1.165) is 32.7 Å². The van der Waals surface area contributed by atoms with Gasteiger partial charge in [-0.05, 0) is 37.2 Å². The Hall–Kier alpha value is -2.12. The largest absolute Gasteiger partial charge is 0.497 e. The number of anilines is 1. The van der Waals surface area contributed by atoms with Crippen molar-refractivity contribution < 1.29 is 14.3 Å². The van der Waals surface area contributed by atoms with E-state index in [9.17, 15) is 9.59 Å². The van der Waals surface area contributed by atoms with Crippen molar-refractivity contribution in [1.82, 2.24) is 15.1 Å². The zero-order chi connectivity index (χ0) is 18.2. The summed E-state index contributed by atoms with van der Waals surface area (Å²) >= 11 is 0. The fourth-order valence-corrected chi connectivity index (χ4v) is 2.75. The summed E-state index contributed by atoms with van der Waals surface area (Å²) in [6.45, 7) is 7.74. The summed E-state index contributed by atoms with van der Waals surface area (Å²) in [7, 11) is 3.70. The molecule has 25 heavy (non-hydrogen) atoms. The van der Waals surface area contributed by atoms with Gasteiger partial charge in [-0.2, -0.15) is 0 Å². The van der Waals surface area contributed by atoms with Gasteiger partial charge in [-0.15, -0.1) is 0 Å². The Kier molecular flexibility index (Phi) is 7.21. The van der Waals surface area contributed by atoms with Crippen LogP contribution in [-0.2, 0) is 9.59 Å².